The molecule has 8 heteroatoms. The van der Waals surface area contributed by atoms with E-state index in [2.05, 4.69) is 15.6 Å². The number of halogens is 1. The third kappa shape index (κ3) is 7.54. The highest BCUT2D eigenvalue weighted by Crippen LogP contribution is 1.97. The van der Waals surface area contributed by atoms with E-state index < -0.39 is 9.84 Å². The molecule has 0 aliphatic heterocycles. The van der Waals surface area contributed by atoms with Crippen molar-refractivity contribution >= 4 is 39.8 Å². The Morgan fingerprint density at radius 2 is 2.17 bits per heavy atom. The summed E-state index contributed by atoms with van der Waals surface area (Å²) in [6.45, 7) is 0.836. The zero-order valence-electron chi connectivity index (χ0n) is 10.3. The zero-order chi connectivity index (χ0) is 12.7. The van der Waals surface area contributed by atoms with Gasteiger partial charge in [-0.3, -0.25) is 4.99 Å². The number of guanidine groups is 1. The van der Waals surface area contributed by atoms with E-state index in [4.69, 9.17) is 4.42 Å². The molecule has 6 nitrogen and oxygen atoms in total. The highest BCUT2D eigenvalue weighted by atomic mass is 127. The fourth-order valence-corrected chi connectivity index (χ4v) is 1.63. The Hall–Kier alpha value is -0.770. The van der Waals surface area contributed by atoms with Crippen molar-refractivity contribution in [3.05, 3.63) is 24.2 Å². The molecule has 0 aromatic carbocycles. The van der Waals surface area contributed by atoms with Gasteiger partial charge in [0.15, 0.2) is 5.96 Å². The van der Waals surface area contributed by atoms with Crippen LogP contribution in [0.4, 0.5) is 0 Å². The maximum atomic E-state index is 10.9. The lowest BCUT2D eigenvalue weighted by atomic mass is 10.4. The molecule has 0 atom stereocenters. The van der Waals surface area contributed by atoms with Crippen molar-refractivity contribution in [1.82, 2.24) is 10.6 Å². The van der Waals surface area contributed by atoms with Crippen LogP contribution < -0.4 is 10.6 Å². The second kappa shape index (κ2) is 8.35. The highest BCUT2D eigenvalue weighted by Gasteiger charge is 2.03. The average molecular weight is 387 g/mol. The standard InChI is InChI=1S/C10H17N3O3S.HI/c1-11-10(12-5-7-17(2,14)15)13-8-9-4-3-6-16-9;/h3-4,6H,5,7-8H2,1-2H3,(H2,11,12,13);1H. The smallest absolute Gasteiger partial charge is 0.191 e. The summed E-state index contributed by atoms with van der Waals surface area (Å²) in [6.07, 6.45) is 2.80. The Balaban J connectivity index is 0.00000289. The molecule has 1 aromatic heterocycles. The molecule has 1 rings (SSSR count). The molecule has 0 aliphatic carbocycles. The van der Waals surface area contributed by atoms with E-state index in [0.717, 1.165) is 5.76 Å². The molecular weight excluding hydrogens is 369 g/mol. The van der Waals surface area contributed by atoms with Gasteiger partial charge < -0.3 is 15.1 Å². The van der Waals surface area contributed by atoms with Crippen molar-refractivity contribution < 1.29 is 12.8 Å². The number of hydrogen-bond donors (Lipinski definition) is 2. The van der Waals surface area contributed by atoms with Crippen LogP contribution >= 0.6 is 24.0 Å². The summed E-state index contributed by atoms with van der Waals surface area (Å²) < 4.78 is 27.0. The van der Waals surface area contributed by atoms with Gasteiger partial charge >= 0.3 is 0 Å². The summed E-state index contributed by atoms with van der Waals surface area (Å²) in [5.41, 5.74) is 0. The van der Waals surface area contributed by atoms with Crippen LogP contribution in [-0.2, 0) is 16.4 Å². The molecule has 0 fully saturated rings. The Kier molecular flexibility index (Phi) is 8.00. The molecule has 0 spiro atoms. The van der Waals surface area contributed by atoms with Crippen LogP contribution in [0.3, 0.4) is 0 Å². The van der Waals surface area contributed by atoms with Gasteiger partial charge in [-0.2, -0.15) is 0 Å². The van der Waals surface area contributed by atoms with Crippen LogP contribution in [0.25, 0.3) is 0 Å². The summed E-state index contributed by atoms with van der Waals surface area (Å²) in [6, 6.07) is 3.65. The van der Waals surface area contributed by atoms with Crippen LogP contribution in [0.5, 0.6) is 0 Å². The maximum Gasteiger partial charge on any atom is 0.191 e. The van der Waals surface area contributed by atoms with Crippen molar-refractivity contribution in [1.29, 1.82) is 0 Å². The van der Waals surface area contributed by atoms with Crippen molar-refractivity contribution in [3.63, 3.8) is 0 Å². The number of furan rings is 1. The van der Waals surface area contributed by atoms with Gasteiger partial charge in [-0.25, -0.2) is 8.42 Å². The van der Waals surface area contributed by atoms with Gasteiger partial charge in [-0.1, -0.05) is 0 Å². The summed E-state index contributed by atoms with van der Waals surface area (Å²) in [5, 5.41) is 5.91. The quantitative estimate of drug-likeness (QED) is 0.440. The molecule has 0 saturated heterocycles. The second-order valence-corrected chi connectivity index (χ2v) is 5.82. The Bertz CT molecular complexity index is 457. The minimum absolute atomic E-state index is 0. The van der Waals surface area contributed by atoms with E-state index in [1.54, 1.807) is 19.4 Å². The van der Waals surface area contributed by atoms with Crippen LogP contribution in [-0.4, -0.2) is 40.0 Å². The zero-order valence-corrected chi connectivity index (χ0v) is 13.5. The van der Waals surface area contributed by atoms with E-state index in [9.17, 15) is 8.42 Å². The molecule has 0 saturated carbocycles. The fourth-order valence-electron chi connectivity index (χ4n) is 1.16. The van der Waals surface area contributed by atoms with Gasteiger partial charge in [0.25, 0.3) is 0 Å². The first-order valence-electron chi connectivity index (χ1n) is 5.16. The lowest BCUT2D eigenvalue weighted by molar-refractivity contribution is 0.501. The van der Waals surface area contributed by atoms with Crippen LogP contribution in [0, 0.1) is 0 Å². The largest absolute Gasteiger partial charge is 0.467 e. The van der Waals surface area contributed by atoms with E-state index >= 15 is 0 Å². The van der Waals surface area contributed by atoms with Crippen LogP contribution in [0.2, 0.25) is 0 Å². The summed E-state index contributed by atoms with van der Waals surface area (Å²) in [4.78, 5) is 3.96. The number of hydrogen-bond acceptors (Lipinski definition) is 4. The van der Waals surface area contributed by atoms with E-state index in [1.807, 2.05) is 6.07 Å². The normalized spacial score (nSPS) is 11.8. The minimum atomic E-state index is -2.95. The monoisotopic (exact) mass is 387 g/mol. The molecule has 0 amide bonds. The molecule has 0 unspecified atom stereocenters. The average Bonchev–Trinajstić information content (AvgIpc) is 2.74. The fraction of sp³-hybridized carbons (Fsp3) is 0.500. The number of rotatable bonds is 5. The minimum Gasteiger partial charge on any atom is -0.467 e. The number of nitrogens with one attached hydrogen (secondary N) is 2. The van der Waals surface area contributed by atoms with Gasteiger partial charge in [0, 0.05) is 19.8 Å². The summed E-state index contributed by atoms with van der Waals surface area (Å²) in [7, 11) is -1.33. The lowest BCUT2D eigenvalue weighted by Gasteiger charge is -2.10. The van der Waals surface area contributed by atoms with E-state index in [1.165, 1.54) is 6.26 Å². The maximum absolute atomic E-state index is 10.9. The second-order valence-electron chi connectivity index (χ2n) is 3.56. The molecule has 1 aromatic rings. The molecular formula is C10H18IN3O3S. The first kappa shape index (κ1) is 17.2. The molecule has 0 radical (unpaired) electrons. The van der Waals surface area contributed by atoms with Crippen LogP contribution in [0.15, 0.2) is 27.8 Å². The Labute approximate surface area is 124 Å². The van der Waals surface area contributed by atoms with Gasteiger partial charge in [-0.15, -0.1) is 24.0 Å². The van der Waals surface area contributed by atoms with Crippen molar-refractivity contribution in [2.75, 3.05) is 25.6 Å². The van der Waals surface area contributed by atoms with Crippen molar-refractivity contribution in [3.8, 4) is 0 Å². The molecule has 0 bridgehead atoms. The van der Waals surface area contributed by atoms with E-state index in [0.29, 0.717) is 19.0 Å². The molecule has 0 aliphatic rings. The Morgan fingerprint density at radius 3 is 2.67 bits per heavy atom. The van der Waals surface area contributed by atoms with Gasteiger partial charge in [-0.05, 0) is 12.1 Å². The summed E-state index contributed by atoms with van der Waals surface area (Å²) >= 11 is 0. The molecule has 104 valence electrons. The van der Waals surface area contributed by atoms with Gasteiger partial charge in [0.2, 0.25) is 0 Å². The first-order chi connectivity index (χ1) is 8.01. The van der Waals surface area contributed by atoms with Gasteiger partial charge in [0.05, 0.1) is 18.6 Å². The SMILES string of the molecule is CN=C(NCCS(C)(=O)=O)NCc1ccco1.I. The first-order valence-corrected chi connectivity index (χ1v) is 7.22. The third-order valence-electron chi connectivity index (χ3n) is 2.00. The highest BCUT2D eigenvalue weighted by molar-refractivity contribution is 14.0. The van der Waals surface area contributed by atoms with Gasteiger partial charge in [0.1, 0.15) is 15.6 Å². The van der Waals surface area contributed by atoms with Crippen molar-refractivity contribution in [2.45, 2.75) is 6.54 Å². The number of nitrogens with zero attached hydrogens (tertiary/aromatic N) is 1. The molecule has 18 heavy (non-hydrogen) atoms. The lowest BCUT2D eigenvalue weighted by Crippen LogP contribution is -2.39. The van der Waals surface area contributed by atoms with Crippen LogP contribution in [0.1, 0.15) is 5.76 Å². The number of aliphatic imine (C=N–C) groups is 1. The summed E-state index contributed by atoms with van der Waals surface area (Å²) in [5.74, 6) is 1.41. The van der Waals surface area contributed by atoms with Crippen molar-refractivity contribution in [2.24, 2.45) is 4.99 Å². The third-order valence-corrected chi connectivity index (χ3v) is 2.94. The Morgan fingerprint density at radius 1 is 1.44 bits per heavy atom. The molecule has 2 N–H and O–H groups in total. The molecule has 1 heterocycles. The number of sulfone groups is 1. The van der Waals surface area contributed by atoms with E-state index in [-0.39, 0.29) is 29.7 Å². The predicted octanol–water partition coefficient (Wildman–Crippen LogP) is 0.607. The predicted molar refractivity (Wildman–Crippen MR) is 82.0 cm³/mol. The topological polar surface area (TPSA) is 83.7 Å².